The van der Waals surface area contributed by atoms with Gasteiger partial charge in [0.15, 0.2) is 0 Å². The van der Waals surface area contributed by atoms with Crippen molar-refractivity contribution in [1.29, 1.82) is 0 Å². The molecule has 0 saturated carbocycles. The lowest BCUT2D eigenvalue weighted by molar-refractivity contribution is 0.285. The number of hydrogen-bond acceptors (Lipinski definition) is 2. The molecular formula is C16H23NO. The molecule has 1 aromatic rings. The summed E-state index contributed by atoms with van der Waals surface area (Å²) in [7, 11) is 1.77. The molecule has 0 spiro atoms. The molecule has 0 aliphatic carbocycles. The highest BCUT2D eigenvalue weighted by molar-refractivity contribution is 5.33. The fourth-order valence-corrected chi connectivity index (χ4v) is 3.68. The second-order valence-electron chi connectivity index (χ2n) is 5.83. The van der Waals surface area contributed by atoms with Crippen molar-refractivity contribution >= 4 is 0 Å². The van der Waals surface area contributed by atoms with Gasteiger partial charge in [0.25, 0.3) is 0 Å². The summed E-state index contributed by atoms with van der Waals surface area (Å²) in [5, 5.41) is 3.72. The van der Waals surface area contributed by atoms with Crippen LogP contribution in [0.5, 0.6) is 5.75 Å². The molecular weight excluding hydrogens is 222 g/mol. The number of benzene rings is 1. The first-order chi connectivity index (χ1) is 8.85. The van der Waals surface area contributed by atoms with Crippen molar-refractivity contribution in [2.75, 3.05) is 7.11 Å². The highest BCUT2D eigenvalue weighted by Gasteiger charge is 2.32. The van der Waals surface area contributed by atoms with E-state index in [9.17, 15) is 0 Å². The Balaban J connectivity index is 1.58. The molecule has 98 valence electrons. The van der Waals surface area contributed by atoms with E-state index in [4.69, 9.17) is 4.74 Å². The van der Waals surface area contributed by atoms with Crippen molar-refractivity contribution in [3.05, 3.63) is 29.8 Å². The second-order valence-corrected chi connectivity index (χ2v) is 5.83. The fraction of sp³-hybridized carbons (Fsp3) is 0.625. The molecule has 2 bridgehead atoms. The summed E-state index contributed by atoms with van der Waals surface area (Å²) in [6, 6.07) is 10.1. The van der Waals surface area contributed by atoms with Gasteiger partial charge in [0.05, 0.1) is 7.11 Å². The van der Waals surface area contributed by atoms with Gasteiger partial charge in [-0.2, -0.15) is 0 Å². The van der Waals surface area contributed by atoms with Crippen LogP contribution in [-0.4, -0.2) is 19.2 Å². The number of piperidine rings is 1. The van der Waals surface area contributed by atoms with Gasteiger partial charge < -0.3 is 10.1 Å². The van der Waals surface area contributed by atoms with Crippen LogP contribution in [-0.2, 0) is 6.42 Å². The molecule has 18 heavy (non-hydrogen) atoms. The first-order valence-electron chi connectivity index (χ1n) is 7.23. The molecule has 1 N–H and O–H groups in total. The Morgan fingerprint density at radius 1 is 1.17 bits per heavy atom. The van der Waals surface area contributed by atoms with Crippen molar-refractivity contribution < 1.29 is 4.74 Å². The molecule has 2 fully saturated rings. The number of rotatable bonds is 4. The largest absolute Gasteiger partial charge is 0.496 e. The molecule has 2 heteroatoms. The SMILES string of the molecule is COc1ccccc1CCC1C[C@H]2CC[C@@H](C1)N2. The average Bonchev–Trinajstić information content (AvgIpc) is 2.76. The van der Waals surface area contributed by atoms with E-state index in [1.165, 1.54) is 37.7 Å². The number of para-hydroxylation sites is 1. The Labute approximate surface area is 110 Å². The molecule has 0 radical (unpaired) electrons. The van der Waals surface area contributed by atoms with Crippen LogP contribution >= 0.6 is 0 Å². The molecule has 0 aromatic heterocycles. The number of aryl methyl sites for hydroxylation is 1. The van der Waals surface area contributed by atoms with E-state index in [1.807, 2.05) is 6.07 Å². The van der Waals surface area contributed by atoms with Gasteiger partial charge in [-0.25, -0.2) is 0 Å². The van der Waals surface area contributed by atoms with Crippen LogP contribution in [0.25, 0.3) is 0 Å². The Bertz CT molecular complexity index is 392. The summed E-state index contributed by atoms with van der Waals surface area (Å²) in [5.74, 6) is 1.96. The Kier molecular flexibility index (Phi) is 3.55. The van der Waals surface area contributed by atoms with Gasteiger partial charge in [-0.05, 0) is 56.1 Å². The Morgan fingerprint density at radius 2 is 1.89 bits per heavy atom. The first-order valence-corrected chi connectivity index (χ1v) is 7.23. The lowest BCUT2D eigenvalue weighted by Gasteiger charge is -2.29. The summed E-state index contributed by atoms with van der Waals surface area (Å²) < 4.78 is 5.43. The minimum atomic E-state index is 0.811. The number of ether oxygens (including phenoxy) is 1. The maximum atomic E-state index is 5.43. The molecule has 0 amide bonds. The van der Waals surface area contributed by atoms with E-state index in [-0.39, 0.29) is 0 Å². The van der Waals surface area contributed by atoms with Crippen molar-refractivity contribution in [1.82, 2.24) is 5.32 Å². The smallest absolute Gasteiger partial charge is 0.122 e. The topological polar surface area (TPSA) is 21.3 Å². The van der Waals surface area contributed by atoms with Gasteiger partial charge in [0.1, 0.15) is 5.75 Å². The van der Waals surface area contributed by atoms with Crippen molar-refractivity contribution in [3.63, 3.8) is 0 Å². The molecule has 3 rings (SSSR count). The number of nitrogens with one attached hydrogen (secondary N) is 1. The van der Waals surface area contributed by atoms with Gasteiger partial charge in [-0.15, -0.1) is 0 Å². The molecule has 1 aromatic carbocycles. The van der Waals surface area contributed by atoms with Gasteiger partial charge in [0.2, 0.25) is 0 Å². The third-order valence-corrected chi connectivity index (χ3v) is 4.59. The Morgan fingerprint density at radius 3 is 2.61 bits per heavy atom. The van der Waals surface area contributed by atoms with Crippen LogP contribution in [0.1, 0.15) is 37.7 Å². The quantitative estimate of drug-likeness (QED) is 0.880. The summed E-state index contributed by atoms with van der Waals surface area (Å²) >= 11 is 0. The first kappa shape index (κ1) is 12.0. The van der Waals surface area contributed by atoms with Crippen LogP contribution in [0.15, 0.2) is 24.3 Å². The molecule has 2 nitrogen and oxygen atoms in total. The van der Waals surface area contributed by atoms with E-state index in [1.54, 1.807) is 7.11 Å². The molecule has 2 heterocycles. The maximum Gasteiger partial charge on any atom is 0.122 e. The monoisotopic (exact) mass is 245 g/mol. The van der Waals surface area contributed by atoms with Gasteiger partial charge in [-0.1, -0.05) is 18.2 Å². The number of hydrogen-bond donors (Lipinski definition) is 1. The highest BCUT2D eigenvalue weighted by atomic mass is 16.5. The van der Waals surface area contributed by atoms with Crippen LogP contribution in [0, 0.1) is 5.92 Å². The van der Waals surface area contributed by atoms with Crippen molar-refractivity contribution in [2.45, 2.75) is 50.6 Å². The van der Waals surface area contributed by atoms with Gasteiger partial charge >= 0.3 is 0 Å². The fourth-order valence-electron chi connectivity index (χ4n) is 3.68. The molecule has 1 unspecified atom stereocenters. The Hall–Kier alpha value is -1.02. The average molecular weight is 245 g/mol. The summed E-state index contributed by atoms with van der Waals surface area (Å²) in [6.45, 7) is 0. The predicted molar refractivity (Wildman–Crippen MR) is 74.0 cm³/mol. The van der Waals surface area contributed by atoms with E-state index < -0.39 is 0 Å². The van der Waals surface area contributed by atoms with E-state index in [0.29, 0.717) is 0 Å². The number of methoxy groups -OCH3 is 1. The van der Waals surface area contributed by atoms with E-state index >= 15 is 0 Å². The van der Waals surface area contributed by atoms with Crippen LogP contribution < -0.4 is 10.1 Å². The third kappa shape index (κ3) is 2.54. The van der Waals surface area contributed by atoms with E-state index in [0.717, 1.165) is 30.2 Å². The molecule has 2 aliphatic rings. The zero-order valence-corrected chi connectivity index (χ0v) is 11.2. The van der Waals surface area contributed by atoms with Crippen LogP contribution in [0.3, 0.4) is 0 Å². The number of fused-ring (bicyclic) bond motifs is 2. The van der Waals surface area contributed by atoms with Crippen molar-refractivity contribution in [2.24, 2.45) is 5.92 Å². The summed E-state index contributed by atoms with van der Waals surface area (Å²) in [5.41, 5.74) is 1.37. The predicted octanol–water partition coefficient (Wildman–Crippen LogP) is 3.16. The minimum absolute atomic E-state index is 0.811. The molecule has 2 aliphatic heterocycles. The lowest BCUT2D eigenvalue weighted by Crippen LogP contribution is -2.38. The zero-order chi connectivity index (χ0) is 12.4. The van der Waals surface area contributed by atoms with Crippen LogP contribution in [0.2, 0.25) is 0 Å². The van der Waals surface area contributed by atoms with E-state index in [2.05, 4.69) is 23.5 Å². The van der Waals surface area contributed by atoms with Crippen molar-refractivity contribution in [3.8, 4) is 5.75 Å². The summed E-state index contributed by atoms with van der Waals surface area (Å²) in [4.78, 5) is 0. The van der Waals surface area contributed by atoms with Crippen LogP contribution in [0.4, 0.5) is 0 Å². The standard InChI is InChI=1S/C16H23NO/c1-18-16-5-3-2-4-13(16)7-6-12-10-14-8-9-15(11-12)17-14/h2-5,12,14-15,17H,6-11H2,1H3/t12?,14-,15+. The van der Waals surface area contributed by atoms with Gasteiger partial charge in [-0.3, -0.25) is 0 Å². The lowest BCUT2D eigenvalue weighted by atomic mass is 9.87. The maximum absolute atomic E-state index is 5.43. The summed E-state index contributed by atoms with van der Waals surface area (Å²) in [6.07, 6.45) is 8.03. The molecule has 2 saturated heterocycles. The highest BCUT2D eigenvalue weighted by Crippen LogP contribution is 2.34. The second kappa shape index (κ2) is 5.31. The molecule has 3 atom stereocenters. The van der Waals surface area contributed by atoms with Gasteiger partial charge in [0, 0.05) is 12.1 Å². The third-order valence-electron chi connectivity index (χ3n) is 4.59. The zero-order valence-electron chi connectivity index (χ0n) is 11.2. The minimum Gasteiger partial charge on any atom is -0.496 e. The normalized spacial score (nSPS) is 30.4.